The lowest BCUT2D eigenvalue weighted by molar-refractivity contribution is -0.318. The van der Waals surface area contributed by atoms with Crippen LogP contribution in [0.1, 0.15) is 115 Å². The molecular formula is C44H79NO19S. The Kier molecular flexibility index (Phi) is 23.9. The fourth-order valence-electron chi connectivity index (χ4n) is 8.66. The largest absolute Gasteiger partial charge is 0.481 e. The van der Waals surface area contributed by atoms with Gasteiger partial charge in [0.15, 0.2) is 12.6 Å². The predicted octanol–water partition coefficient (Wildman–Crippen LogP) is 2.11. The molecule has 3 aliphatic rings. The van der Waals surface area contributed by atoms with Crippen LogP contribution in [0, 0.1) is 23.7 Å². The number of esters is 1. The molecule has 3 saturated heterocycles. The molecule has 3 rings (SSSR count). The molecule has 3 heterocycles. The van der Waals surface area contributed by atoms with Crippen molar-refractivity contribution in [1.82, 2.24) is 4.90 Å². The van der Waals surface area contributed by atoms with E-state index < -0.39 is 137 Å². The fourth-order valence-corrected chi connectivity index (χ4v) is 8.82. The molecule has 0 aromatic rings. The number of nitrogens with zero attached hydrogens (tertiary/aromatic N) is 1. The highest BCUT2D eigenvalue weighted by molar-refractivity contribution is 7.81. The van der Waals surface area contributed by atoms with Gasteiger partial charge in [-0.15, -0.1) is 0 Å². The zero-order valence-electron chi connectivity index (χ0n) is 40.4. The SMILES string of the molecule is CCC(=O)O.CC[C@H]1OC(=O)[C@H](C)[C@@H](O[C@H]2C[C@@](C)(OC)[C@@H](O)[C@H](C)O2)[C@H](C)[C@@H](O[C@@H]2O[C@H](C)C[C@H](N(C)C)[C@H]2O)[C@](C)(O)C[C@@H](C)C(=O)[C@H](C)[C@@H](O)[C@]1(C)O.O=C(O)CC(S)C(=O)O. The molecule has 20 nitrogen and oxygen atoms in total. The van der Waals surface area contributed by atoms with E-state index in [1.165, 1.54) is 27.9 Å². The number of aliphatic hydroxyl groups excluding tert-OH is 3. The topological polar surface area (TPSA) is 306 Å². The van der Waals surface area contributed by atoms with Crippen molar-refractivity contribution in [2.45, 2.75) is 204 Å². The Balaban J connectivity index is 0.00000130. The summed E-state index contributed by atoms with van der Waals surface area (Å²) in [5, 5.41) is 80.3. The molecule has 1 unspecified atom stereocenters. The highest BCUT2D eigenvalue weighted by atomic mass is 32.1. The van der Waals surface area contributed by atoms with Gasteiger partial charge in [0.25, 0.3) is 0 Å². The number of ketones is 1. The molecule has 0 radical (unpaired) electrons. The first-order valence-electron chi connectivity index (χ1n) is 22.1. The molecule has 0 aromatic heterocycles. The molecule has 380 valence electrons. The van der Waals surface area contributed by atoms with Gasteiger partial charge in [-0.1, -0.05) is 34.6 Å². The minimum atomic E-state index is -1.99. The van der Waals surface area contributed by atoms with Gasteiger partial charge in [0.1, 0.15) is 34.9 Å². The average molecular weight is 958 g/mol. The van der Waals surface area contributed by atoms with Gasteiger partial charge in [0, 0.05) is 43.7 Å². The van der Waals surface area contributed by atoms with Crippen LogP contribution < -0.4 is 0 Å². The summed E-state index contributed by atoms with van der Waals surface area (Å²) in [4.78, 5) is 58.8. The molecule has 3 fully saturated rings. The molecule has 19 atom stereocenters. The van der Waals surface area contributed by atoms with E-state index in [1.807, 2.05) is 25.9 Å². The summed E-state index contributed by atoms with van der Waals surface area (Å²) < 4.78 is 37.1. The third kappa shape index (κ3) is 16.6. The third-order valence-electron chi connectivity index (χ3n) is 12.8. The molecule has 0 amide bonds. The number of hydrogen-bond donors (Lipinski definition) is 9. The van der Waals surface area contributed by atoms with E-state index in [0.717, 1.165) is 0 Å². The Morgan fingerprint density at radius 3 is 1.86 bits per heavy atom. The van der Waals surface area contributed by atoms with Gasteiger partial charge in [-0.3, -0.25) is 24.0 Å². The lowest BCUT2D eigenvalue weighted by Gasteiger charge is -2.49. The lowest BCUT2D eigenvalue weighted by atomic mass is 9.74. The van der Waals surface area contributed by atoms with Crippen LogP contribution in [-0.4, -0.2) is 186 Å². The Labute approximate surface area is 388 Å². The monoisotopic (exact) mass is 957 g/mol. The zero-order valence-corrected chi connectivity index (χ0v) is 41.3. The smallest absolute Gasteiger partial charge is 0.316 e. The van der Waals surface area contributed by atoms with Gasteiger partial charge in [-0.25, -0.2) is 0 Å². The second-order valence-corrected chi connectivity index (χ2v) is 19.3. The molecule has 65 heavy (non-hydrogen) atoms. The summed E-state index contributed by atoms with van der Waals surface area (Å²) in [6.45, 7) is 17.9. The Hall–Kier alpha value is -2.54. The summed E-state index contributed by atoms with van der Waals surface area (Å²) in [7, 11) is 5.18. The number of Topliss-reactive ketones (excluding diaryl/α,β-unsaturated/α-hetero) is 1. The summed E-state index contributed by atoms with van der Waals surface area (Å²) in [6.07, 6.45) is -9.93. The number of cyclic esters (lactones) is 1. The molecular weight excluding hydrogens is 879 g/mol. The van der Waals surface area contributed by atoms with Crippen molar-refractivity contribution in [3.63, 3.8) is 0 Å². The second kappa shape index (κ2) is 25.7. The molecule has 0 aromatic carbocycles. The molecule has 0 bridgehead atoms. The van der Waals surface area contributed by atoms with Crippen LogP contribution in [0.15, 0.2) is 0 Å². The number of carboxylic acids is 3. The first-order chi connectivity index (χ1) is 29.7. The van der Waals surface area contributed by atoms with Crippen molar-refractivity contribution in [3.05, 3.63) is 0 Å². The number of aliphatic carboxylic acids is 3. The van der Waals surface area contributed by atoms with Gasteiger partial charge in [-0.2, -0.15) is 12.6 Å². The normalized spacial score (nSPS) is 41.3. The van der Waals surface area contributed by atoms with Crippen LogP contribution in [0.3, 0.4) is 0 Å². The van der Waals surface area contributed by atoms with Crippen molar-refractivity contribution in [2.75, 3.05) is 21.2 Å². The first kappa shape index (κ1) is 60.5. The van der Waals surface area contributed by atoms with E-state index in [4.69, 9.17) is 43.7 Å². The minimum absolute atomic E-state index is 0.0936. The number of aliphatic hydroxyl groups is 5. The Morgan fingerprint density at radius 1 is 0.862 bits per heavy atom. The quantitative estimate of drug-likeness (QED) is 0.106. The first-order valence-corrected chi connectivity index (χ1v) is 22.7. The minimum Gasteiger partial charge on any atom is -0.481 e. The van der Waals surface area contributed by atoms with E-state index in [1.54, 1.807) is 48.5 Å². The number of carbonyl (C=O) groups excluding carboxylic acids is 2. The van der Waals surface area contributed by atoms with Gasteiger partial charge in [0.05, 0.1) is 54.1 Å². The van der Waals surface area contributed by atoms with E-state index in [-0.39, 0.29) is 37.8 Å². The number of methoxy groups -OCH3 is 1. The van der Waals surface area contributed by atoms with Gasteiger partial charge in [-0.05, 0) is 74.9 Å². The summed E-state index contributed by atoms with van der Waals surface area (Å²) in [6, 6.07) is -0.324. The van der Waals surface area contributed by atoms with Crippen molar-refractivity contribution in [2.24, 2.45) is 23.7 Å². The van der Waals surface area contributed by atoms with E-state index in [0.29, 0.717) is 6.42 Å². The maximum atomic E-state index is 14.1. The molecule has 21 heteroatoms. The van der Waals surface area contributed by atoms with Crippen LogP contribution >= 0.6 is 12.6 Å². The lowest BCUT2D eigenvalue weighted by Crippen LogP contribution is -2.61. The molecule has 3 aliphatic heterocycles. The molecule has 0 aliphatic carbocycles. The number of rotatable bonds is 11. The van der Waals surface area contributed by atoms with Crippen LogP contribution in [0.2, 0.25) is 0 Å². The average Bonchev–Trinajstić information content (AvgIpc) is 3.21. The standard InChI is InChI=1S/C37H67NO13.C4H6O4S.C3H6O2/c1-14-25-37(10,45)30(41)20(4)27(39)18(2)16-35(8,44)32(51-34-28(40)24(38(11)12)15-19(3)47-34)21(5)29(22(6)33(43)49-25)50-26-17-36(9,46-13)31(42)23(7)48-26;5-3(6)1-2(9)4(7)8;1-2-3(4)5/h18-26,28-32,34,40-42,44-45H,14-17H2,1-13H3;2,9H,1H2,(H,5,6)(H,7,8);2H2,1H3,(H,4,5)/t18-,19-,20+,21+,22-,23+,24+,25-,26+,28-,29+,30-,31+,32-,34+,35-,36-,37-;;/m1../s1. The van der Waals surface area contributed by atoms with Crippen molar-refractivity contribution in [3.8, 4) is 0 Å². The summed E-state index contributed by atoms with van der Waals surface area (Å²) >= 11 is 3.48. The van der Waals surface area contributed by atoms with Crippen LogP contribution in [0.25, 0.3) is 0 Å². The van der Waals surface area contributed by atoms with Gasteiger partial charge >= 0.3 is 23.9 Å². The number of ether oxygens (including phenoxy) is 6. The number of carboxylic acid groups (broad SMARTS) is 3. The number of carbonyl (C=O) groups is 5. The van der Waals surface area contributed by atoms with Crippen molar-refractivity contribution < 1.29 is 93.2 Å². The van der Waals surface area contributed by atoms with Crippen LogP contribution in [0.5, 0.6) is 0 Å². The number of thiol groups is 1. The van der Waals surface area contributed by atoms with Gasteiger partial charge in [0.2, 0.25) is 0 Å². The number of likely N-dealkylation sites (N-methyl/N-ethyl adjacent to an activating group) is 1. The second-order valence-electron chi connectivity index (χ2n) is 18.7. The van der Waals surface area contributed by atoms with E-state index in [2.05, 4.69) is 12.6 Å². The predicted molar refractivity (Wildman–Crippen MR) is 237 cm³/mol. The fraction of sp³-hybridized carbons (Fsp3) is 0.886. The summed E-state index contributed by atoms with van der Waals surface area (Å²) in [5.41, 5.74) is -4.84. The maximum Gasteiger partial charge on any atom is 0.316 e. The van der Waals surface area contributed by atoms with E-state index in [9.17, 15) is 49.5 Å². The Morgan fingerprint density at radius 2 is 1.42 bits per heavy atom. The highest BCUT2D eigenvalue weighted by Crippen LogP contribution is 2.41. The Bertz CT molecular complexity index is 1550. The van der Waals surface area contributed by atoms with Crippen molar-refractivity contribution >= 4 is 42.3 Å². The van der Waals surface area contributed by atoms with Crippen molar-refractivity contribution in [1.29, 1.82) is 0 Å². The molecule has 0 saturated carbocycles. The summed E-state index contributed by atoms with van der Waals surface area (Å²) in [5.74, 6) is -8.08. The third-order valence-corrected chi connectivity index (χ3v) is 13.2. The number of hydrogen-bond acceptors (Lipinski definition) is 18. The maximum absolute atomic E-state index is 14.1. The van der Waals surface area contributed by atoms with Gasteiger partial charge < -0.3 is 74.2 Å². The van der Waals surface area contributed by atoms with Crippen LogP contribution in [-0.2, 0) is 52.4 Å². The zero-order chi connectivity index (χ0) is 50.7. The highest BCUT2D eigenvalue weighted by Gasteiger charge is 2.53. The van der Waals surface area contributed by atoms with Crippen LogP contribution in [0.4, 0.5) is 0 Å². The molecule has 0 spiro atoms. The van der Waals surface area contributed by atoms with E-state index >= 15 is 0 Å². The molecule has 8 N–H and O–H groups in total.